The fourth-order valence-electron chi connectivity index (χ4n) is 8.13. The molecule has 0 spiro atoms. The summed E-state index contributed by atoms with van der Waals surface area (Å²) in [6, 6.07) is -0.952. The first-order valence-electron chi connectivity index (χ1n) is 15.5. The Morgan fingerprint density at radius 2 is 1.74 bits per heavy atom. The lowest BCUT2D eigenvalue weighted by molar-refractivity contribution is -0.199. The van der Waals surface area contributed by atoms with E-state index in [-0.39, 0.29) is 42.5 Å². The number of rotatable bonds is 9. The van der Waals surface area contributed by atoms with Gasteiger partial charge in [0.1, 0.15) is 6.17 Å². The zero-order chi connectivity index (χ0) is 30.2. The Labute approximate surface area is 245 Å². The second kappa shape index (κ2) is 13.0. The third-order valence-electron chi connectivity index (χ3n) is 10.5. The number of methoxy groups -OCH3 is 2. The van der Waals surface area contributed by atoms with Crippen LogP contribution in [0.4, 0.5) is 17.6 Å². The second-order valence-corrected chi connectivity index (χ2v) is 13.4. The monoisotopic (exact) mass is 601 g/mol. The zero-order valence-corrected chi connectivity index (χ0v) is 24.9. The topological polar surface area (TPSA) is 93.3 Å². The van der Waals surface area contributed by atoms with Gasteiger partial charge in [0.15, 0.2) is 0 Å². The maximum Gasteiger partial charge on any atom is 0.393 e. The van der Waals surface area contributed by atoms with Crippen LogP contribution in [0.1, 0.15) is 57.8 Å². The first kappa shape index (κ1) is 31.5. The number of halogens is 4. The van der Waals surface area contributed by atoms with E-state index in [0.717, 1.165) is 32.1 Å². The molecular formula is C30H47F4N5O3. The van der Waals surface area contributed by atoms with Crippen molar-refractivity contribution in [3.63, 3.8) is 0 Å². The average Bonchev–Trinajstić information content (AvgIpc) is 3.76. The molecule has 1 aromatic heterocycles. The first-order valence-corrected chi connectivity index (χ1v) is 15.5. The van der Waals surface area contributed by atoms with E-state index in [0.29, 0.717) is 37.3 Å². The van der Waals surface area contributed by atoms with Crippen LogP contribution in [0.2, 0.25) is 0 Å². The summed E-state index contributed by atoms with van der Waals surface area (Å²) in [6.07, 6.45) is 3.07. The molecule has 9 atom stereocenters. The van der Waals surface area contributed by atoms with E-state index < -0.39 is 42.6 Å². The van der Waals surface area contributed by atoms with Crippen molar-refractivity contribution in [2.75, 3.05) is 20.8 Å². The van der Waals surface area contributed by atoms with Gasteiger partial charge in [-0.3, -0.25) is 10.2 Å². The SMILES string of the molecule is COC1CC(OC)CC(C(NC(=O)C2CC(Cn3ccn(C)c3=N)CC(C3NCC(F)CC3C(F)(F)F)C2)C2CC2)C1. The Hall–Kier alpha value is -1.92. The summed E-state index contributed by atoms with van der Waals surface area (Å²) in [5, 5.41) is 14.6. The van der Waals surface area contributed by atoms with Gasteiger partial charge in [0.2, 0.25) is 11.5 Å². The number of nitrogens with zero attached hydrogens (tertiary/aromatic N) is 2. The normalized spacial score (nSPS) is 36.9. The lowest BCUT2D eigenvalue weighted by Crippen LogP contribution is -2.57. The van der Waals surface area contributed by atoms with E-state index in [4.69, 9.17) is 14.9 Å². The molecule has 2 heterocycles. The molecule has 4 fully saturated rings. The summed E-state index contributed by atoms with van der Waals surface area (Å²) < 4.78 is 71.4. The van der Waals surface area contributed by atoms with Crippen LogP contribution in [0.15, 0.2) is 12.4 Å². The fourth-order valence-corrected chi connectivity index (χ4v) is 8.13. The largest absolute Gasteiger partial charge is 0.393 e. The smallest absolute Gasteiger partial charge is 0.381 e. The van der Waals surface area contributed by atoms with Crippen LogP contribution < -0.4 is 16.3 Å². The Balaban J connectivity index is 1.36. The lowest BCUT2D eigenvalue weighted by Gasteiger charge is -2.45. The average molecular weight is 602 g/mol. The van der Waals surface area contributed by atoms with E-state index in [1.807, 2.05) is 0 Å². The summed E-state index contributed by atoms with van der Waals surface area (Å²) in [4.78, 5) is 14.0. The van der Waals surface area contributed by atoms with Crippen LogP contribution in [0, 0.1) is 40.9 Å². The van der Waals surface area contributed by atoms with E-state index in [9.17, 15) is 22.4 Å². The molecule has 3 aliphatic carbocycles. The molecular weight excluding hydrogens is 554 g/mol. The van der Waals surface area contributed by atoms with Gasteiger partial charge >= 0.3 is 6.18 Å². The molecule has 1 aromatic rings. The number of carbonyl (C=O) groups is 1. The molecule has 12 heteroatoms. The van der Waals surface area contributed by atoms with Crippen LogP contribution in [0.5, 0.6) is 0 Å². The summed E-state index contributed by atoms with van der Waals surface area (Å²) in [7, 11) is 5.19. The van der Waals surface area contributed by atoms with Crippen LogP contribution in [0.25, 0.3) is 0 Å². The van der Waals surface area contributed by atoms with Gasteiger partial charge in [-0.05, 0) is 81.5 Å². The standard InChI is InChI=1S/C30H47F4N5O3/c1-38-6-7-39(29(38)35)16-17-8-19(27-25(30(32,33)34)13-22(31)15-36-27)10-21(9-17)28(40)37-26(18-4-5-18)20-11-23(41-2)14-24(12-20)42-3/h6-7,17-27,35-36H,4-5,8-16H2,1-3H3,(H,37,40). The number of nitrogens with one attached hydrogen (secondary N) is 3. The number of alkyl halides is 4. The minimum Gasteiger partial charge on any atom is -0.381 e. The summed E-state index contributed by atoms with van der Waals surface area (Å²) in [5.74, 6) is -2.25. The van der Waals surface area contributed by atoms with Gasteiger partial charge in [-0.25, -0.2) is 4.39 Å². The number of ether oxygens (including phenoxy) is 2. The molecule has 8 nitrogen and oxygen atoms in total. The number of carbonyl (C=O) groups excluding carboxylic acids is 1. The van der Waals surface area contributed by atoms with E-state index in [2.05, 4.69) is 10.6 Å². The maximum atomic E-state index is 14.2. The quantitative estimate of drug-likeness (QED) is 0.374. The maximum absolute atomic E-state index is 14.2. The van der Waals surface area contributed by atoms with Gasteiger partial charge in [0.05, 0.1) is 18.1 Å². The number of imidazole rings is 1. The number of amides is 1. The van der Waals surface area contributed by atoms with Crippen molar-refractivity contribution < 1.29 is 31.8 Å². The molecule has 238 valence electrons. The summed E-state index contributed by atoms with van der Waals surface area (Å²) >= 11 is 0. The molecule has 3 saturated carbocycles. The van der Waals surface area contributed by atoms with Crippen molar-refractivity contribution in [1.29, 1.82) is 5.41 Å². The summed E-state index contributed by atoms with van der Waals surface area (Å²) in [6.45, 7) is 0.348. The Morgan fingerprint density at radius 3 is 2.31 bits per heavy atom. The van der Waals surface area contributed by atoms with Crippen molar-refractivity contribution in [3.8, 4) is 0 Å². The number of piperidine rings is 1. The van der Waals surface area contributed by atoms with Crippen molar-refractivity contribution in [2.45, 2.75) is 101 Å². The number of hydrogen-bond donors (Lipinski definition) is 3. The minimum atomic E-state index is -4.52. The Morgan fingerprint density at radius 1 is 1.05 bits per heavy atom. The third-order valence-corrected chi connectivity index (χ3v) is 10.5. The molecule has 4 aliphatic rings. The van der Waals surface area contributed by atoms with Crippen molar-refractivity contribution >= 4 is 5.91 Å². The fraction of sp³-hybridized carbons (Fsp3) is 0.867. The predicted octanol–water partition coefficient (Wildman–Crippen LogP) is 3.94. The lowest BCUT2D eigenvalue weighted by atomic mass is 9.68. The molecule has 0 radical (unpaired) electrons. The van der Waals surface area contributed by atoms with E-state index in [1.54, 1.807) is 42.8 Å². The highest BCUT2D eigenvalue weighted by Crippen LogP contribution is 2.45. The highest BCUT2D eigenvalue weighted by atomic mass is 19.4. The highest BCUT2D eigenvalue weighted by molar-refractivity contribution is 5.79. The number of aromatic nitrogens is 2. The molecule has 42 heavy (non-hydrogen) atoms. The van der Waals surface area contributed by atoms with Crippen molar-refractivity contribution in [1.82, 2.24) is 19.8 Å². The Kier molecular flexibility index (Phi) is 9.73. The van der Waals surface area contributed by atoms with Gasteiger partial charge in [0, 0.05) is 64.8 Å². The predicted molar refractivity (Wildman–Crippen MR) is 148 cm³/mol. The van der Waals surface area contributed by atoms with Crippen LogP contribution >= 0.6 is 0 Å². The highest BCUT2D eigenvalue weighted by Gasteiger charge is 2.52. The molecule has 9 unspecified atom stereocenters. The van der Waals surface area contributed by atoms with Crippen molar-refractivity contribution in [2.24, 2.45) is 42.6 Å². The molecule has 1 amide bonds. The molecule has 0 bridgehead atoms. The first-order chi connectivity index (χ1) is 20.0. The van der Waals surface area contributed by atoms with Gasteiger partial charge in [-0.1, -0.05) is 0 Å². The van der Waals surface area contributed by atoms with Crippen LogP contribution in [0.3, 0.4) is 0 Å². The summed E-state index contributed by atoms with van der Waals surface area (Å²) in [5.41, 5.74) is 0.300. The van der Waals surface area contributed by atoms with Crippen LogP contribution in [-0.2, 0) is 27.9 Å². The number of hydrogen-bond acceptors (Lipinski definition) is 5. The van der Waals surface area contributed by atoms with Crippen LogP contribution in [-0.4, -0.2) is 72.4 Å². The van der Waals surface area contributed by atoms with Gasteiger partial charge in [-0.2, -0.15) is 13.2 Å². The Bertz CT molecular complexity index is 1110. The minimum absolute atomic E-state index is 0.0155. The second-order valence-electron chi connectivity index (χ2n) is 13.4. The molecule has 0 aromatic carbocycles. The van der Waals surface area contributed by atoms with Gasteiger partial charge < -0.3 is 29.2 Å². The van der Waals surface area contributed by atoms with E-state index >= 15 is 0 Å². The molecule has 1 aliphatic heterocycles. The molecule has 3 N–H and O–H groups in total. The van der Waals surface area contributed by atoms with E-state index in [1.165, 1.54) is 0 Å². The number of aryl methyl sites for hydroxylation is 1. The zero-order valence-electron chi connectivity index (χ0n) is 24.9. The van der Waals surface area contributed by atoms with Gasteiger partial charge in [-0.15, -0.1) is 0 Å². The van der Waals surface area contributed by atoms with Gasteiger partial charge in [0.25, 0.3) is 0 Å². The molecule has 1 saturated heterocycles. The molecule has 5 rings (SSSR count). The third kappa shape index (κ3) is 7.23. The van der Waals surface area contributed by atoms with Crippen molar-refractivity contribution in [3.05, 3.63) is 18.0 Å².